The number of methoxy groups -OCH3 is 1. The third-order valence-corrected chi connectivity index (χ3v) is 4.56. The first-order chi connectivity index (χ1) is 13.5. The van der Waals surface area contributed by atoms with Crippen molar-refractivity contribution in [2.75, 3.05) is 7.11 Å². The standard InChI is InChI=1S/C20H16N4O4/c1-12-16(13-8-10-15(28-2)11-9-13)20(25)23-19(21-12)18(24(26)27)17(22-23)14-6-4-3-5-7-14/h3-11,21H,1-2H3. The fraction of sp³-hybridized carbons (Fsp3) is 0.100. The summed E-state index contributed by atoms with van der Waals surface area (Å²) in [4.78, 5) is 27.4. The molecule has 0 atom stereocenters. The molecule has 0 spiro atoms. The van der Waals surface area contributed by atoms with Crippen molar-refractivity contribution in [1.82, 2.24) is 14.6 Å². The van der Waals surface area contributed by atoms with Gasteiger partial charge >= 0.3 is 5.69 Å². The van der Waals surface area contributed by atoms with Crippen LogP contribution in [0.15, 0.2) is 59.4 Å². The van der Waals surface area contributed by atoms with Crippen molar-refractivity contribution in [3.63, 3.8) is 0 Å². The van der Waals surface area contributed by atoms with E-state index in [4.69, 9.17) is 4.74 Å². The first kappa shape index (κ1) is 17.5. The topological polar surface area (TPSA) is 103 Å². The molecule has 2 heterocycles. The highest BCUT2D eigenvalue weighted by Gasteiger charge is 2.28. The van der Waals surface area contributed by atoms with Gasteiger partial charge in [-0.25, -0.2) is 0 Å². The molecule has 0 amide bonds. The smallest absolute Gasteiger partial charge is 0.339 e. The lowest BCUT2D eigenvalue weighted by molar-refractivity contribution is -0.382. The van der Waals surface area contributed by atoms with E-state index in [0.717, 1.165) is 4.52 Å². The van der Waals surface area contributed by atoms with Gasteiger partial charge in [-0.1, -0.05) is 42.5 Å². The van der Waals surface area contributed by atoms with Crippen molar-refractivity contribution in [1.29, 1.82) is 0 Å². The maximum absolute atomic E-state index is 13.2. The van der Waals surface area contributed by atoms with Gasteiger partial charge in [-0.2, -0.15) is 9.61 Å². The van der Waals surface area contributed by atoms with Crippen molar-refractivity contribution in [3.05, 3.63) is 80.8 Å². The molecule has 4 rings (SSSR count). The first-order valence-electron chi connectivity index (χ1n) is 8.51. The van der Waals surface area contributed by atoms with Gasteiger partial charge in [0, 0.05) is 11.3 Å². The molecule has 0 aliphatic rings. The Labute approximate surface area is 159 Å². The minimum absolute atomic E-state index is 0.0589. The second-order valence-electron chi connectivity index (χ2n) is 6.24. The Balaban J connectivity index is 2.01. The summed E-state index contributed by atoms with van der Waals surface area (Å²) in [5.41, 5.74) is 1.69. The molecule has 0 fully saturated rings. The molecule has 0 radical (unpaired) electrons. The summed E-state index contributed by atoms with van der Waals surface area (Å²) in [6.45, 7) is 1.71. The zero-order chi connectivity index (χ0) is 19.8. The molecule has 0 unspecified atom stereocenters. The van der Waals surface area contributed by atoms with Crippen molar-refractivity contribution < 1.29 is 9.66 Å². The molecular formula is C20H16N4O4. The minimum Gasteiger partial charge on any atom is -0.497 e. The van der Waals surface area contributed by atoms with E-state index in [0.29, 0.717) is 28.1 Å². The lowest BCUT2D eigenvalue weighted by atomic mass is 10.1. The number of aryl methyl sites for hydroxylation is 1. The van der Waals surface area contributed by atoms with E-state index in [1.807, 2.05) is 6.07 Å². The lowest BCUT2D eigenvalue weighted by Gasteiger charge is -2.07. The van der Waals surface area contributed by atoms with Gasteiger partial charge in [0.25, 0.3) is 5.56 Å². The van der Waals surface area contributed by atoms with Crippen LogP contribution in [0.25, 0.3) is 28.0 Å². The van der Waals surface area contributed by atoms with Gasteiger partial charge in [0.15, 0.2) is 5.69 Å². The summed E-state index contributed by atoms with van der Waals surface area (Å²) in [7, 11) is 1.56. The van der Waals surface area contributed by atoms with Crippen molar-refractivity contribution in [3.8, 4) is 28.1 Å². The molecule has 0 aliphatic carbocycles. The van der Waals surface area contributed by atoms with E-state index >= 15 is 0 Å². The third kappa shape index (κ3) is 2.71. The van der Waals surface area contributed by atoms with Crippen LogP contribution in [0.1, 0.15) is 5.69 Å². The van der Waals surface area contributed by atoms with Crippen LogP contribution in [0.5, 0.6) is 5.75 Å². The van der Waals surface area contributed by atoms with Gasteiger partial charge in [0.05, 0.1) is 17.6 Å². The van der Waals surface area contributed by atoms with Gasteiger partial charge in [0.1, 0.15) is 5.75 Å². The van der Waals surface area contributed by atoms with Crippen LogP contribution < -0.4 is 10.3 Å². The Kier molecular flexibility index (Phi) is 4.15. The normalized spacial score (nSPS) is 10.9. The molecule has 0 saturated carbocycles. The zero-order valence-corrected chi connectivity index (χ0v) is 15.2. The number of nitrogens with one attached hydrogen (secondary N) is 1. The van der Waals surface area contributed by atoms with E-state index in [1.54, 1.807) is 62.6 Å². The summed E-state index contributed by atoms with van der Waals surface area (Å²) in [6, 6.07) is 15.8. The summed E-state index contributed by atoms with van der Waals surface area (Å²) in [6.07, 6.45) is 0. The molecule has 8 nitrogen and oxygen atoms in total. The second kappa shape index (κ2) is 6.66. The number of nitrogens with zero attached hydrogens (tertiary/aromatic N) is 3. The van der Waals surface area contributed by atoms with Gasteiger partial charge in [-0.15, -0.1) is 0 Å². The monoisotopic (exact) mass is 376 g/mol. The Bertz CT molecular complexity index is 1240. The number of hydrogen-bond acceptors (Lipinski definition) is 5. The number of H-pyrrole nitrogens is 1. The molecule has 2 aromatic heterocycles. The van der Waals surface area contributed by atoms with Crippen LogP contribution in [-0.4, -0.2) is 26.6 Å². The number of nitro groups is 1. The van der Waals surface area contributed by atoms with Crippen molar-refractivity contribution in [2.24, 2.45) is 0 Å². The SMILES string of the molecule is COc1ccc(-c2c(C)[nH]c3c([N+](=O)[O-])c(-c4ccccc4)nn3c2=O)cc1. The number of rotatable bonds is 4. The molecule has 4 aromatic rings. The molecule has 28 heavy (non-hydrogen) atoms. The van der Waals surface area contributed by atoms with Gasteiger partial charge in [0.2, 0.25) is 5.65 Å². The predicted molar refractivity (Wildman–Crippen MR) is 105 cm³/mol. The Hall–Kier alpha value is -3.94. The number of benzene rings is 2. The van der Waals surface area contributed by atoms with E-state index in [1.165, 1.54) is 0 Å². The fourth-order valence-electron chi connectivity index (χ4n) is 3.24. The first-order valence-corrected chi connectivity index (χ1v) is 8.51. The van der Waals surface area contributed by atoms with E-state index in [2.05, 4.69) is 10.1 Å². The molecule has 0 bridgehead atoms. The van der Waals surface area contributed by atoms with Gasteiger partial charge < -0.3 is 9.72 Å². The van der Waals surface area contributed by atoms with Crippen LogP contribution in [0.4, 0.5) is 5.69 Å². The maximum Gasteiger partial charge on any atom is 0.339 e. The fourth-order valence-corrected chi connectivity index (χ4v) is 3.24. The molecule has 0 saturated heterocycles. The number of aromatic amines is 1. The lowest BCUT2D eigenvalue weighted by Crippen LogP contribution is -2.19. The number of ether oxygens (including phenoxy) is 1. The molecule has 2 aromatic carbocycles. The highest BCUT2D eigenvalue weighted by atomic mass is 16.6. The summed E-state index contributed by atoms with van der Waals surface area (Å²) in [5.74, 6) is 0.667. The quantitative estimate of drug-likeness (QED) is 0.433. The zero-order valence-electron chi connectivity index (χ0n) is 15.2. The second-order valence-corrected chi connectivity index (χ2v) is 6.24. The van der Waals surface area contributed by atoms with Crippen molar-refractivity contribution >= 4 is 11.3 Å². The van der Waals surface area contributed by atoms with Gasteiger partial charge in [-0.05, 0) is 24.6 Å². The van der Waals surface area contributed by atoms with Crippen LogP contribution >= 0.6 is 0 Å². The largest absolute Gasteiger partial charge is 0.497 e. The molecule has 0 aliphatic heterocycles. The maximum atomic E-state index is 13.2. The molecule has 1 N–H and O–H groups in total. The average Bonchev–Trinajstić information content (AvgIpc) is 3.09. The predicted octanol–water partition coefficient (Wildman–Crippen LogP) is 3.58. The van der Waals surface area contributed by atoms with Crippen molar-refractivity contribution in [2.45, 2.75) is 6.92 Å². The highest BCUT2D eigenvalue weighted by Crippen LogP contribution is 2.32. The van der Waals surface area contributed by atoms with E-state index < -0.39 is 10.5 Å². The number of fused-ring (bicyclic) bond motifs is 1. The molecule has 8 heteroatoms. The van der Waals surface area contributed by atoms with Crippen LogP contribution in [0, 0.1) is 17.0 Å². The average molecular weight is 376 g/mol. The number of aromatic nitrogens is 3. The third-order valence-electron chi connectivity index (χ3n) is 4.56. The summed E-state index contributed by atoms with van der Waals surface area (Å²) >= 11 is 0. The Morgan fingerprint density at radius 2 is 1.75 bits per heavy atom. The van der Waals surface area contributed by atoms with Crippen LogP contribution in [-0.2, 0) is 0 Å². The Morgan fingerprint density at radius 3 is 2.36 bits per heavy atom. The molecular weight excluding hydrogens is 360 g/mol. The molecule has 140 valence electrons. The summed E-state index contributed by atoms with van der Waals surface area (Å²) < 4.78 is 6.21. The minimum atomic E-state index is -0.521. The summed E-state index contributed by atoms with van der Waals surface area (Å²) in [5, 5.41) is 16.0. The number of hydrogen-bond donors (Lipinski definition) is 1. The van der Waals surface area contributed by atoms with E-state index in [9.17, 15) is 14.9 Å². The van der Waals surface area contributed by atoms with Gasteiger partial charge in [-0.3, -0.25) is 14.9 Å². The Morgan fingerprint density at radius 1 is 1.07 bits per heavy atom. The van der Waals surface area contributed by atoms with Crippen LogP contribution in [0.2, 0.25) is 0 Å². The van der Waals surface area contributed by atoms with E-state index in [-0.39, 0.29) is 17.0 Å². The highest BCUT2D eigenvalue weighted by molar-refractivity contribution is 5.80. The van der Waals surface area contributed by atoms with Crippen LogP contribution in [0.3, 0.4) is 0 Å².